The smallest absolute Gasteiger partial charge is 0.261 e. The lowest BCUT2D eigenvalue weighted by Gasteiger charge is -2.20. The first-order valence-electron chi connectivity index (χ1n) is 7.44. The minimum Gasteiger partial charge on any atom is -0.350 e. The largest absolute Gasteiger partial charge is 0.350 e. The van der Waals surface area contributed by atoms with Crippen LogP contribution in [0.15, 0.2) is 36.7 Å². The molecule has 0 unspecified atom stereocenters. The second-order valence-corrected chi connectivity index (χ2v) is 6.51. The van der Waals surface area contributed by atoms with Crippen molar-refractivity contribution in [1.29, 1.82) is 0 Å². The first kappa shape index (κ1) is 14.5. The average Bonchev–Trinajstić information content (AvgIpc) is 2.89. The fourth-order valence-corrected chi connectivity index (χ4v) is 2.54. The highest BCUT2D eigenvalue weighted by Gasteiger charge is 2.25. The summed E-state index contributed by atoms with van der Waals surface area (Å²) in [6, 6.07) is 8.01. The Labute approximate surface area is 130 Å². The molecule has 1 aliphatic rings. The van der Waals surface area contributed by atoms with E-state index in [1.165, 1.54) is 5.56 Å². The summed E-state index contributed by atoms with van der Waals surface area (Å²) in [7, 11) is 0. The normalized spacial score (nSPS) is 13.9. The molecule has 1 amide bonds. The molecule has 5 heteroatoms. The number of amides is 1. The maximum atomic E-state index is 12.6. The third kappa shape index (κ3) is 2.93. The van der Waals surface area contributed by atoms with Crippen molar-refractivity contribution in [2.75, 3.05) is 16.8 Å². The van der Waals surface area contributed by atoms with Gasteiger partial charge in [-0.15, -0.1) is 0 Å². The number of hydrogen-bond donors (Lipinski definition) is 1. The molecule has 0 fully saturated rings. The standard InChI is InChI=1S/C17H20N4O/c1-17(2,3)20-16-18-10-13(11-19-16)15(22)21-9-8-12-6-4-5-7-14(12)21/h4-7,10-11H,8-9H2,1-3H3,(H,18,19,20). The number of para-hydroxylation sites is 1. The van der Waals surface area contributed by atoms with Crippen molar-refractivity contribution in [1.82, 2.24) is 9.97 Å². The van der Waals surface area contributed by atoms with E-state index >= 15 is 0 Å². The number of carbonyl (C=O) groups excluding carboxylic acids is 1. The van der Waals surface area contributed by atoms with Gasteiger partial charge in [-0.1, -0.05) is 18.2 Å². The lowest BCUT2D eigenvalue weighted by molar-refractivity contribution is 0.0988. The highest BCUT2D eigenvalue weighted by molar-refractivity contribution is 6.06. The number of nitrogens with one attached hydrogen (secondary N) is 1. The van der Waals surface area contributed by atoms with Gasteiger partial charge in [-0.3, -0.25) is 4.79 Å². The first-order valence-corrected chi connectivity index (χ1v) is 7.44. The van der Waals surface area contributed by atoms with E-state index in [0.717, 1.165) is 12.1 Å². The van der Waals surface area contributed by atoms with Gasteiger partial charge in [0, 0.05) is 30.2 Å². The number of anilines is 2. The van der Waals surface area contributed by atoms with E-state index in [1.807, 2.05) is 39.0 Å². The van der Waals surface area contributed by atoms with Crippen molar-refractivity contribution < 1.29 is 4.79 Å². The van der Waals surface area contributed by atoms with Crippen LogP contribution in [0.2, 0.25) is 0 Å². The van der Waals surface area contributed by atoms with Crippen LogP contribution >= 0.6 is 0 Å². The van der Waals surface area contributed by atoms with Crippen LogP contribution in [0.25, 0.3) is 0 Å². The fraction of sp³-hybridized carbons (Fsp3) is 0.353. The van der Waals surface area contributed by atoms with Gasteiger partial charge >= 0.3 is 0 Å². The SMILES string of the molecule is CC(C)(C)Nc1ncc(C(=O)N2CCc3ccccc32)cn1. The molecule has 1 aromatic heterocycles. The molecular formula is C17H20N4O. The monoisotopic (exact) mass is 296 g/mol. The number of fused-ring (bicyclic) bond motifs is 1. The van der Waals surface area contributed by atoms with E-state index < -0.39 is 0 Å². The van der Waals surface area contributed by atoms with Gasteiger partial charge in [-0.25, -0.2) is 9.97 Å². The maximum Gasteiger partial charge on any atom is 0.261 e. The number of hydrogen-bond acceptors (Lipinski definition) is 4. The lowest BCUT2D eigenvalue weighted by atomic mass is 10.1. The number of nitrogens with zero attached hydrogens (tertiary/aromatic N) is 3. The molecule has 0 saturated heterocycles. The molecule has 0 atom stereocenters. The van der Waals surface area contributed by atoms with Gasteiger partial charge in [0.15, 0.2) is 0 Å². The average molecular weight is 296 g/mol. The third-order valence-corrected chi connectivity index (χ3v) is 3.52. The van der Waals surface area contributed by atoms with Crippen molar-refractivity contribution in [3.05, 3.63) is 47.8 Å². The van der Waals surface area contributed by atoms with Crippen molar-refractivity contribution in [3.8, 4) is 0 Å². The van der Waals surface area contributed by atoms with Crippen LogP contribution in [0.4, 0.5) is 11.6 Å². The summed E-state index contributed by atoms with van der Waals surface area (Å²) < 4.78 is 0. The second-order valence-electron chi connectivity index (χ2n) is 6.51. The zero-order chi connectivity index (χ0) is 15.7. The van der Waals surface area contributed by atoms with E-state index in [1.54, 1.807) is 17.3 Å². The molecule has 1 aromatic carbocycles. The Morgan fingerprint density at radius 1 is 1.18 bits per heavy atom. The lowest BCUT2D eigenvalue weighted by Crippen LogP contribution is -2.30. The van der Waals surface area contributed by atoms with Gasteiger partial charge in [0.05, 0.1) is 5.56 Å². The molecule has 22 heavy (non-hydrogen) atoms. The summed E-state index contributed by atoms with van der Waals surface area (Å²) in [5.41, 5.74) is 2.60. The molecule has 0 saturated carbocycles. The summed E-state index contributed by atoms with van der Waals surface area (Å²) in [5, 5.41) is 3.19. The molecule has 0 spiro atoms. The molecule has 2 aromatic rings. The van der Waals surface area contributed by atoms with Crippen molar-refractivity contribution in [2.45, 2.75) is 32.7 Å². The summed E-state index contributed by atoms with van der Waals surface area (Å²) in [6.07, 6.45) is 4.07. The molecule has 114 valence electrons. The van der Waals surface area contributed by atoms with Crippen LogP contribution in [-0.2, 0) is 6.42 Å². The Bertz CT molecular complexity index is 689. The molecule has 1 N–H and O–H groups in total. The zero-order valence-corrected chi connectivity index (χ0v) is 13.1. The number of aromatic nitrogens is 2. The number of benzene rings is 1. The van der Waals surface area contributed by atoms with Crippen LogP contribution in [0, 0.1) is 0 Å². The van der Waals surface area contributed by atoms with Crippen LogP contribution in [-0.4, -0.2) is 28.0 Å². The molecule has 1 aliphatic heterocycles. The van der Waals surface area contributed by atoms with E-state index in [2.05, 4.69) is 21.4 Å². The fourth-order valence-electron chi connectivity index (χ4n) is 2.54. The molecule has 0 bridgehead atoms. The van der Waals surface area contributed by atoms with Crippen molar-refractivity contribution in [2.24, 2.45) is 0 Å². The van der Waals surface area contributed by atoms with Gasteiger partial charge in [0.1, 0.15) is 0 Å². The van der Waals surface area contributed by atoms with Gasteiger partial charge in [-0.05, 0) is 38.8 Å². The Hall–Kier alpha value is -2.43. The third-order valence-electron chi connectivity index (χ3n) is 3.52. The minimum atomic E-state index is -0.112. The van der Waals surface area contributed by atoms with Crippen molar-refractivity contribution >= 4 is 17.5 Å². The summed E-state index contributed by atoms with van der Waals surface area (Å²) in [5.74, 6) is 0.484. The molecule has 2 heterocycles. The Morgan fingerprint density at radius 3 is 2.55 bits per heavy atom. The minimum absolute atomic E-state index is 0.0488. The quantitative estimate of drug-likeness (QED) is 0.925. The summed E-state index contributed by atoms with van der Waals surface area (Å²) in [4.78, 5) is 22.9. The van der Waals surface area contributed by atoms with E-state index in [9.17, 15) is 4.79 Å². The van der Waals surface area contributed by atoms with Crippen LogP contribution < -0.4 is 10.2 Å². The molecule has 5 nitrogen and oxygen atoms in total. The molecule has 0 aliphatic carbocycles. The van der Waals surface area contributed by atoms with Gasteiger partial charge < -0.3 is 10.2 Å². The van der Waals surface area contributed by atoms with Crippen LogP contribution in [0.1, 0.15) is 36.7 Å². The Morgan fingerprint density at radius 2 is 1.86 bits per heavy atom. The van der Waals surface area contributed by atoms with Crippen LogP contribution in [0.5, 0.6) is 0 Å². The molecular weight excluding hydrogens is 276 g/mol. The van der Waals surface area contributed by atoms with Gasteiger partial charge in [0.2, 0.25) is 5.95 Å². The van der Waals surface area contributed by atoms with E-state index in [-0.39, 0.29) is 11.4 Å². The highest BCUT2D eigenvalue weighted by Crippen LogP contribution is 2.28. The number of carbonyl (C=O) groups is 1. The molecule has 0 radical (unpaired) electrons. The maximum absolute atomic E-state index is 12.6. The van der Waals surface area contributed by atoms with Crippen molar-refractivity contribution in [3.63, 3.8) is 0 Å². The van der Waals surface area contributed by atoms with Gasteiger partial charge in [-0.2, -0.15) is 0 Å². The first-order chi connectivity index (χ1) is 10.4. The van der Waals surface area contributed by atoms with Crippen LogP contribution in [0.3, 0.4) is 0 Å². The highest BCUT2D eigenvalue weighted by atomic mass is 16.2. The van der Waals surface area contributed by atoms with E-state index in [4.69, 9.17) is 0 Å². The Kier molecular flexibility index (Phi) is 3.56. The zero-order valence-electron chi connectivity index (χ0n) is 13.1. The summed E-state index contributed by atoms with van der Waals surface area (Å²) in [6.45, 7) is 6.82. The van der Waals surface area contributed by atoms with E-state index in [0.29, 0.717) is 18.1 Å². The molecule has 3 rings (SSSR count). The van der Waals surface area contributed by atoms with Gasteiger partial charge in [0.25, 0.3) is 5.91 Å². The Balaban J connectivity index is 1.79. The predicted molar refractivity (Wildman–Crippen MR) is 87.2 cm³/mol. The second kappa shape index (κ2) is 5.40. The number of rotatable bonds is 2. The predicted octanol–water partition coefficient (Wildman–Crippen LogP) is 2.89. The summed E-state index contributed by atoms with van der Waals surface area (Å²) >= 11 is 0. The topological polar surface area (TPSA) is 58.1 Å².